The molecule has 0 radical (unpaired) electrons. The normalized spacial score (nSPS) is 13.2. The maximum absolute atomic E-state index is 9.08. The second kappa shape index (κ2) is 5.75. The van der Waals surface area contributed by atoms with E-state index in [1.807, 2.05) is 12.1 Å². The van der Waals surface area contributed by atoms with Crippen molar-refractivity contribution in [1.29, 1.82) is 0 Å². The number of hydrogen-bond donors (Lipinski definition) is 2. The molecule has 2 nitrogen and oxygen atoms in total. The van der Waals surface area contributed by atoms with Gasteiger partial charge in [0.05, 0.1) is 12.6 Å². The summed E-state index contributed by atoms with van der Waals surface area (Å²) in [5, 5.41) is 10.2. The Morgan fingerprint density at radius 2 is 2.13 bits per heavy atom. The number of benzene rings is 1. The predicted molar refractivity (Wildman–Crippen MR) is 66.5 cm³/mol. The van der Waals surface area contributed by atoms with Crippen molar-refractivity contribution in [3.05, 3.63) is 28.8 Å². The minimum absolute atomic E-state index is 0.0879. The lowest BCUT2D eigenvalue weighted by Gasteiger charge is -2.16. The first-order chi connectivity index (χ1) is 7.06. The van der Waals surface area contributed by atoms with Gasteiger partial charge in [0.2, 0.25) is 0 Å². The Balaban J connectivity index is 3.08. The highest BCUT2D eigenvalue weighted by atomic mass is 35.5. The Morgan fingerprint density at radius 3 is 2.67 bits per heavy atom. The minimum atomic E-state index is -0.403. The van der Waals surface area contributed by atoms with E-state index in [1.54, 1.807) is 17.8 Å². The second-order valence-electron chi connectivity index (χ2n) is 3.61. The Kier molecular flexibility index (Phi) is 4.93. The molecule has 1 rings (SSSR count). The maximum Gasteiger partial charge on any atom is 0.0625 e. The molecule has 0 fully saturated rings. The molecule has 15 heavy (non-hydrogen) atoms. The second-order valence-corrected chi connectivity index (χ2v) is 5.63. The van der Waals surface area contributed by atoms with Crippen LogP contribution in [0.15, 0.2) is 23.1 Å². The van der Waals surface area contributed by atoms with E-state index < -0.39 is 6.04 Å². The molecule has 1 aromatic rings. The highest BCUT2D eigenvalue weighted by Gasteiger charge is 2.15. The van der Waals surface area contributed by atoms with Gasteiger partial charge >= 0.3 is 0 Å². The first kappa shape index (κ1) is 12.8. The van der Waals surface area contributed by atoms with Crippen LogP contribution in [0.4, 0.5) is 0 Å². The van der Waals surface area contributed by atoms with E-state index in [0.717, 1.165) is 10.5 Å². The third-order valence-electron chi connectivity index (χ3n) is 1.94. The van der Waals surface area contributed by atoms with Gasteiger partial charge in [-0.15, -0.1) is 11.8 Å². The summed E-state index contributed by atoms with van der Waals surface area (Å²) in [6.07, 6.45) is 0. The average molecular weight is 246 g/mol. The van der Waals surface area contributed by atoms with Crippen LogP contribution in [-0.4, -0.2) is 17.0 Å². The SMILES string of the molecule is CC(C)Sc1cccc(Cl)c1[C@H](N)CO. The highest BCUT2D eigenvalue weighted by Crippen LogP contribution is 2.34. The Labute approximate surface area is 99.8 Å². The molecule has 0 spiro atoms. The topological polar surface area (TPSA) is 46.2 Å². The van der Waals surface area contributed by atoms with E-state index in [9.17, 15) is 0 Å². The number of rotatable bonds is 4. The third-order valence-corrected chi connectivity index (χ3v) is 3.35. The standard InChI is InChI=1S/C11H16ClNOS/c1-7(2)15-10-5-3-4-8(12)11(10)9(13)6-14/h3-5,7,9,14H,6,13H2,1-2H3/t9-/m1/s1. The lowest BCUT2D eigenvalue weighted by atomic mass is 10.1. The van der Waals surface area contributed by atoms with Crippen molar-refractivity contribution < 1.29 is 5.11 Å². The molecule has 0 unspecified atom stereocenters. The molecular formula is C11H16ClNOS. The molecule has 0 bridgehead atoms. The largest absolute Gasteiger partial charge is 0.394 e. The van der Waals surface area contributed by atoms with Crippen LogP contribution in [0.2, 0.25) is 5.02 Å². The molecular weight excluding hydrogens is 230 g/mol. The fraction of sp³-hybridized carbons (Fsp3) is 0.455. The molecule has 0 aliphatic heterocycles. The van der Waals surface area contributed by atoms with Gasteiger partial charge in [-0.25, -0.2) is 0 Å². The Hall–Kier alpha value is -0.220. The molecule has 0 aliphatic rings. The molecule has 3 N–H and O–H groups in total. The van der Waals surface area contributed by atoms with Gasteiger partial charge in [0.1, 0.15) is 0 Å². The molecule has 0 aromatic heterocycles. The van der Waals surface area contributed by atoms with Crippen molar-refractivity contribution in [3.63, 3.8) is 0 Å². The minimum Gasteiger partial charge on any atom is -0.394 e. The lowest BCUT2D eigenvalue weighted by Crippen LogP contribution is -2.16. The van der Waals surface area contributed by atoms with Crippen molar-refractivity contribution in [2.75, 3.05) is 6.61 Å². The summed E-state index contributed by atoms with van der Waals surface area (Å²) in [6.45, 7) is 4.13. The summed E-state index contributed by atoms with van der Waals surface area (Å²) < 4.78 is 0. The van der Waals surface area contributed by atoms with Crippen LogP contribution in [-0.2, 0) is 0 Å². The number of aliphatic hydroxyl groups excluding tert-OH is 1. The first-order valence-electron chi connectivity index (χ1n) is 4.87. The molecule has 1 atom stereocenters. The lowest BCUT2D eigenvalue weighted by molar-refractivity contribution is 0.267. The smallest absolute Gasteiger partial charge is 0.0625 e. The van der Waals surface area contributed by atoms with E-state index in [2.05, 4.69) is 13.8 Å². The van der Waals surface area contributed by atoms with Crippen LogP contribution >= 0.6 is 23.4 Å². The van der Waals surface area contributed by atoms with Crippen LogP contribution in [0, 0.1) is 0 Å². The molecule has 4 heteroatoms. The number of hydrogen-bond acceptors (Lipinski definition) is 3. The summed E-state index contributed by atoms with van der Waals surface area (Å²) in [4.78, 5) is 1.05. The quantitative estimate of drug-likeness (QED) is 0.802. The van der Waals surface area contributed by atoms with Gasteiger partial charge in [-0.2, -0.15) is 0 Å². The van der Waals surface area contributed by atoms with Crippen LogP contribution < -0.4 is 5.73 Å². The van der Waals surface area contributed by atoms with Crippen LogP contribution in [0.3, 0.4) is 0 Å². The van der Waals surface area contributed by atoms with Crippen molar-refractivity contribution in [2.24, 2.45) is 5.73 Å². The molecule has 1 aromatic carbocycles. The van der Waals surface area contributed by atoms with E-state index in [1.165, 1.54) is 0 Å². The van der Waals surface area contributed by atoms with Gasteiger partial charge in [0, 0.05) is 20.7 Å². The van der Waals surface area contributed by atoms with Crippen LogP contribution in [0.1, 0.15) is 25.5 Å². The number of halogens is 1. The number of thioether (sulfide) groups is 1. The van der Waals surface area contributed by atoms with Gasteiger partial charge in [-0.3, -0.25) is 0 Å². The summed E-state index contributed by atoms with van der Waals surface area (Å²) >= 11 is 7.79. The van der Waals surface area contributed by atoms with Gasteiger partial charge < -0.3 is 10.8 Å². The van der Waals surface area contributed by atoms with Gasteiger partial charge in [0.15, 0.2) is 0 Å². The summed E-state index contributed by atoms with van der Waals surface area (Å²) in [6, 6.07) is 5.29. The third kappa shape index (κ3) is 3.38. The molecule has 84 valence electrons. The van der Waals surface area contributed by atoms with E-state index >= 15 is 0 Å². The van der Waals surface area contributed by atoms with E-state index in [-0.39, 0.29) is 6.61 Å². The molecule has 0 heterocycles. The monoisotopic (exact) mass is 245 g/mol. The summed E-state index contributed by atoms with van der Waals surface area (Å²) in [5.41, 5.74) is 6.67. The van der Waals surface area contributed by atoms with Crippen molar-refractivity contribution >= 4 is 23.4 Å². The Bertz CT molecular complexity index is 330. The van der Waals surface area contributed by atoms with E-state index in [0.29, 0.717) is 10.3 Å². The summed E-state index contributed by atoms with van der Waals surface area (Å²) in [7, 11) is 0. The zero-order chi connectivity index (χ0) is 11.4. The maximum atomic E-state index is 9.08. The molecule has 0 saturated heterocycles. The Morgan fingerprint density at radius 1 is 1.47 bits per heavy atom. The highest BCUT2D eigenvalue weighted by molar-refractivity contribution is 8.00. The van der Waals surface area contributed by atoms with Crippen molar-refractivity contribution in [2.45, 2.75) is 30.0 Å². The van der Waals surface area contributed by atoms with Crippen molar-refractivity contribution in [3.8, 4) is 0 Å². The predicted octanol–water partition coefficient (Wildman–Crippen LogP) is 2.83. The number of aliphatic hydroxyl groups is 1. The van der Waals surface area contributed by atoms with Gasteiger partial charge in [0.25, 0.3) is 0 Å². The van der Waals surface area contributed by atoms with Crippen LogP contribution in [0.25, 0.3) is 0 Å². The zero-order valence-corrected chi connectivity index (χ0v) is 10.5. The van der Waals surface area contributed by atoms with Gasteiger partial charge in [-0.05, 0) is 12.1 Å². The van der Waals surface area contributed by atoms with E-state index in [4.69, 9.17) is 22.4 Å². The molecule has 0 aliphatic carbocycles. The zero-order valence-electron chi connectivity index (χ0n) is 8.90. The number of nitrogens with two attached hydrogens (primary N) is 1. The molecule has 0 amide bonds. The van der Waals surface area contributed by atoms with Crippen LogP contribution in [0.5, 0.6) is 0 Å². The fourth-order valence-electron chi connectivity index (χ4n) is 1.33. The fourth-order valence-corrected chi connectivity index (χ4v) is 2.75. The average Bonchev–Trinajstić information content (AvgIpc) is 2.16. The van der Waals surface area contributed by atoms with Gasteiger partial charge in [-0.1, -0.05) is 31.5 Å². The first-order valence-corrected chi connectivity index (χ1v) is 6.13. The van der Waals surface area contributed by atoms with Crippen molar-refractivity contribution in [1.82, 2.24) is 0 Å². The molecule has 0 saturated carbocycles. The summed E-state index contributed by atoms with van der Waals surface area (Å²) in [5.74, 6) is 0.